The highest BCUT2D eigenvalue weighted by molar-refractivity contribution is 5.91. The zero-order valence-electron chi connectivity index (χ0n) is 11.8. The first-order valence-corrected chi connectivity index (χ1v) is 6.13. The Balaban J connectivity index is 2.35. The molecule has 0 saturated carbocycles. The molecule has 2 aromatic heterocycles. The number of aromatic nitrogens is 2. The molecule has 9 nitrogen and oxygen atoms in total. The zero-order chi connectivity index (χ0) is 15.7. The average molecular weight is 293 g/mol. The predicted molar refractivity (Wildman–Crippen MR) is 72.6 cm³/mol. The molecule has 0 aliphatic rings. The Morgan fingerprint density at radius 2 is 2.19 bits per heavy atom. The maximum Gasteiger partial charge on any atom is 0.312 e. The second kappa shape index (κ2) is 5.37. The van der Waals surface area contributed by atoms with Crippen LogP contribution in [0.1, 0.15) is 33.3 Å². The Bertz CT molecular complexity index is 716. The van der Waals surface area contributed by atoms with Gasteiger partial charge in [0.1, 0.15) is 17.1 Å². The van der Waals surface area contributed by atoms with Gasteiger partial charge in [-0.25, -0.2) is 5.84 Å². The van der Waals surface area contributed by atoms with Crippen LogP contribution in [0.25, 0.3) is 0 Å². The van der Waals surface area contributed by atoms with E-state index in [1.165, 1.54) is 4.68 Å². The second-order valence-electron chi connectivity index (χ2n) is 4.60. The molecule has 0 bridgehead atoms. The van der Waals surface area contributed by atoms with Gasteiger partial charge in [0.05, 0.1) is 11.5 Å². The van der Waals surface area contributed by atoms with Gasteiger partial charge < -0.3 is 4.42 Å². The molecule has 0 fully saturated rings. The number of hydrogen-bond donors (Lipinski definition) is 2. The lowest BCUT2D eigenvalue weighted by Gasteiger charge is -2.01. The third-order valence-electron chi connectivity index (χ3n) is 3.22. The van der Waals surface area contributed by atoms with E-state index in [4.69, 9.17) is 10.3 Å². The number of aryl methyl sites for hydroxylation is 2. The summed E-state index contributed by atoms with van der Waals surface area (Å²) in [5, 5.41) is 15.1. The van der Waals surface area contributed by atoms with E-state index in [9.17, 15) is 14.9 Å². The average Bonchev–Trinajstić information content (AvgIpc) is 2.90. The Morgan fingerprint density at radius 3 is 2.71 bits per heavy atom. The number of amides is 1. The van der Waals surface area contributed by atoms with Gasteiger partial charge in [-0.05, 0) is 26.8 Å². The SMILES string of the molecule is Cc1nn(Cc2cc(C(=O)NN)oc2C)c(C)c1[N+](=O)[O-]. The number of furan rings is 1. The van der Waals surface area contributed by atoms with Crippen LogP contribution in [0.15, 0.2) is 10.5 Å². The van der Waals surface area contributed by atoms with Crippen molar-refractivity contribution in [1.29, 1.82) is 0 Å². The van der Waals surface area contributed by atoms with E-state index < -0.39 is 10.8 Å². The molecule has 0 unspecified atom stereocenters. The molecule has 0 aromatic carbocycles. The molecule has 0 aliphatic carbocycles. The lowest BCUT2D eigenvalue weighted by Crippen LogP contribution is -2.29. The minimum Gasteiger partial charge on any atom is -0.456 e. The number of carbonyl (C=O) groups excluding carboxylic acids is 1. The number of hydrogen-bond acceptors (Lipinski definition) is 6. The summed E-state index contributed by atoms with van der Waals surface area (Å²) in [4.78, 5) is 21.9. The van der Waals surface area contributed by atoms with Crippen molar-refractivity contribution in [3.05, 3.63) is 44.7 Å². The van der Waals surface area contributed by atoms with Crippen LogP contribution < -0.4 is 11.3 Å². The standard InChI is InChI=1S/C12H15N5O4/c1-6-11(17(19)20)7(2)16(15-6)5-9-4-10(12(18)14-13)21-8(9)3/h4H,5,13H2,1-3H3,(H,14,18). The Kier molecular flexibility index (Phi) is 3.76. The van der Waals surface area contributed by atoms with E-state index in [1.807, 2.05) is 5.43 Å². The molecule has 0 radical (unpaired) electrons. The van der Waals surface area contributed by atoms with Gasteiger partial charge in [-0.15, -0.1) is 0 Å². The summed E-state index contributed by atoms with van der Waals surface area (Å²) < 4.78 is 6.81. The van der Waals surface area contributed by atoms with Crippen LogP contribution >= 0.6 is 0 Å². The highest BCUT2D eigenvalue weighted by Crippen LogP contribution is 2.24. The first kappa shape index (κ1) is 14.7. The number of hydrazine groups is 1. The van der Waals surface area contributed by atoms with E-state index in [0.29, 0.717) is 22.7 Å². The van der Waals surface area contributed by atoms with Crippen LogP contribution in [0.5, 0.6) is 0 Å². The van der Waals surface area contributed by atoms with Gasteiger partial charge in [0.15, 0.2) is 5.76 Å². The van der Waals surface area contributed by atoms with Gasteiger partial charge >= 0.3 is 11.6 Å². The van der Waals surface area contributed by atoms with Gasteiger partial charge in [0, 0.05) is 5.56 Å². The van der Waals surface area contributed by atoms with E-state index in [1.54, 1.807) is 26.8 Å². The van der Waals surface area contributed by atoms with E-state index in [2.05, 4.69) is 5.10 Å². The molecular formula is C12H15N5O4. The van der Waals surface area contributed by atoms with Gasteiger partial charge in [-0.3, -0.25) is 25.0 Å². The van der Waals surface area contributed by atoms with Crippen molar-refractivity contribution >= 4 is 11.6 Å². The molecular weight excluding hydrogens is 278 g/mol. The Morgan fingerprint density at radius 1 is 1.52 bits per heavy atom. The van der Waals surface area contributed by atoms with Gasteiger partial charge in [0.2, 0.25) is 0 Å². The number of nitrogen functional groups attached to an aromatic ring is 1. The maximum absolute atomic E-state index is 11.4. The minimum absolute atomic E-state index is 0.00364. The van der Waals surface area contributed by atoms with E-state index >= 15 is 0 Å². The molecule has 2 heterocycles. The Hall–Kier alpha value is -2.68. The normalized spacial score (nSPS) is 10.7. The van der Waals surface area contributed by atoms with Crippen LogP contribution in [-0.4, -0.2) is 20.6 Å². The van der Waals surface area contributed by atoms with Gasteiger partial charge in [-0.1, -0.05) is 0 Å². The fourth-order valence-electron chi connectivity index (χ4n) is 2.13. The molecule has 0 aliphatic heterocycles. The number of nitro groups is 1. The largest absolute Gasteiger partial charge is 0.456 e. The quantitative estimate of drug-likeness (QED) is 0.374. The molecule has 9 heteroatoms. The fourth-order valence-corrected chi connectivity index (χ4v) is 2.13. The number of nitrogens with zero attached hydrogens (tertiary/aromatic N) is 3. The lowest BCUT2D eigenvalue weighted by atomic mass is 10.2. The van der Waals surface area contributed by atoms with Crippen molar-refractivity contribution < 1.29 is 14.1 Å². The monoisotopic (exact) mass is 293 g/mol. The van der Waals surface area contributed by atoms with Gasteiger partial charge in [0.25, 0.3) is 0 Å². The summed E-state index contributed by atoms with van der Waals surface area (Å²) in [6.07, 6.45) is 0. The number of carbonyl (C=O) groups is 1. The van der Waals surface area contributed by atoms with Crippen LogP contribution in [0, 0.1) is 30.9 Å². The number of rotatable bonds is 4. The highest BCUT2D eigenvalue weighted by atomic mass is 16.6. The second-order valence-corrected chi connectivity index (χ2v) is 4.60. The molecule has 2 rings (SSSR count). The molecule has 0 saturated heterocycles. The molecule has 112 valence electrons. The summed E-state index contributed by atoms with van der Waals surface area (Å²) in [5.74, 6) is 5.12. The fraction of sp³-hybridized carbons (Fsp3) is 0.333. The first-order chi connectivity index (χ1) is 9.85. The smallest absolute Gasteiger partial charge is 0.312 e. The number of nitrogens with two attached hydrogens (primary N) is 1. The van der Waals surface area contributed by atoms with Crippen molar-refractivity contribution in [2.45, 2.75) is 27.3 Å². The van der Waals surface area contributed by atoms with E-state index in [0.717, 1.165) is 0 Å². The van der Waals surface area contributed by atoms with Crippen molar-refractivity contribution in [1.82, 2.24) is 15.2 Å². The zero-order valence-corrected chi connectivity index (χ0v) is 11.8. The summed E-state index contributed by atoms with van der Waals surface area (Å²) in [6, 6.07) is 1.54. The molecule has 0 atom stereocenters. The summed E-state index contributed by atoms with van der Waals surface area (Å²) in [5.41, 5.74) is 3.47. The molecule has 2 aromatic rings. The van der Waals surface area contributed by atoms with E-state index in [-0.39, 0.29) is 18.0 Å². The predicted octanol–water partition coefficient (Wildman–Crippen LogP) is 0.961. The third-order valence-corrected chi connectivity index (χ3v) is 3.22. The van der Waals surface area contributed by atoms with Crippen LogP contribution in [-0.2, 0) is 6.54 Å². The number of nitrogens with one attached hydrogen (secondary N) is 1. The molecule has 21 heavy (non-hydrogen) atoms. The van der Waals surface area contributed by atoms with Crippen molar-refractivity contribution in [3.8, 4) is 0 Å². The van der Waals surface area contributed by atoms with Crippen LogP contribution in [0.2, 0.25) is 0 Å². The summed E-state index contributed by atoms with van der Waals surface area (Å²) in [6.45, 7) is 5.18. The van der Waals surface area contributed by atoms with Crippen molar-refractivity contribution in [2.24, 2.45) is 5.84 Å². The van der Waals surface area contributed by atoms with Crippen LogP contribution in [0.3, 0.4) is 0 Å². The molecule has 1 amide bonds. The minimum atomic E-state index is -0.538. The lowest BCUT2D eigenvalue weighted by molar-refractivity contribution is -0.386. The first-order valence-electron chi connectivity index (χ1n) is 6.13. The van der Waals surface area contributed by atoms with Gasteiger partial charge in [-0.2, -0.15) is 5.10 Å². The Labute approximate surface area is 119 Å². The third kappa shape index (κ3) is 2.63. The topological polar surface area (TPSA) is 129 Å². The van der Waals surface area contributed by atoms with Crippen molar-refractivity contribution in [3.63, 3.8) is 0 Å². The van der Waals surface area contributed by atoms with Crippen LogP contribution in [0.4, 0.5) is 5.69 Å². The molecule has 0 spiro atoms. The summed E-state index contributed by atoms with van der Waals surface area (Å²) in [7, 11) is 0. The maximum atomic E-state index is 11.4. The summed E-state index contributed by atoms with van der Waals surface area (Å²) >= 11 is 0. The highest BCUT2D eigenvalue weighted by Gasteiger charge is 2.23. The van der Waals surface area contributed by atoms with Crippen molar-refractivity contribution in [2.75, 3.05) is 0 Å². The molecule has 3 N–H and O–H groups in total.